The summed E-state index contributed by atoms with van der Waals surface area (Å²) in [5.41, 5.74) is 3.16. The van der Waals surface area contributed by atoms with Crippen molar-refractivity contribution in [2.75, 3.05) is 64.8 Å². The van der Waals surface area contributed by atoms with Gasteiger partial charge in [0.1, 0.15) is 11.7 Å². The molecule has 0 saturated carbocycles. The minimum absolute atomic E-state index is 0.0391. The Morgan fingerprint density at radius 1 is 1.19 bits per heavy atom. The van der Waals surface area contributed by atoms with E-state index in [4.69, 9.17) is 0 Å². The number of fused-ring (bicyclic) bond motifs is 1. The van der Waals surface area contributed by atoms with Crippen LogP contribution >= 0.6 is 0 Å². The second kappa shape index (κ2) is 9.65. The molecule has 0 bridgehead atoms. The molecule has 1 aromatic heterocycles. The van der Waals surface area contributed by atoms with Crippen LogP contribution in [0.3, 0.4) is 0 Å². The van der Waals surface area contributed by atoms with Crippen molar-refractivity contribution in [3.63, 3.8) is 0 Å². The number of piperidine rings is 1. The Balaban J connectivity index is 1.47. The Kier molecular flexibility index (Phi) is 6.72. The number of alkyl halides is 1. The Bertz CT molecular complexity index is 945. The summed E-state index contributed by atoms with van der Waals surface area (Å²) >= 11 is 0. The lowest BCUT2D eigenvalue weighted by atomic mass is 10.0. The average Bonchev–Trinajstić information content (AvgIpc) is 2.75. The molecule has 3 heterocycles. The number of benzene rings is 1. The molecule has 2 aromatic rings. The summed E-state index contributed by atoms with van der Waals surface area (Å²) in [7, 11) is 3.80. The van der Waals surface area contributed by atoms with Gasteiger partial charge in [-0.2, -0.15) is 0 Å². The number of anilines is 1. The number of hydrogen-bond donors (Lipinski definition) is 1. The van der Waals surface area contributed by atoms with E-state index >= 15 is 0 Å². The van der Waals surface area contributed by atoms with Gasteiger partial charge in [0.15, 0.2) is 0 Å². The van der Waals surface area contributed by atoms with E-state index in [-0.39, 0.29) is 18.5 Å². The summed E-state index contributed by atoms with van der Waals surface area (Å²) < 4.78 is 14.7. The molecule has 2 saturated heterocycles. The highest BCUT2D eigenvalue weighted by Gasteiger charge is 2.30. The predicted molar refractivity (Wildman–Crippen MR) is 121 cm³/mol. The van der Waals surface area contributed by atoms with Crippen LogP contribution < -0.4 is 10.2 Å². The van der Waals surface area contributed by atoms with Gasteiger partial charge in [0.2, 0.25) is 5.91 Å². The maximum atomic E-state index is 14.7. The van der Waals surface area contributed by atoms with Gasteiger partial charge in [0, 0.05) is 83.0 Å². The topological polar surface area (TPSA) is 77.0 Å². The van der Waals surface area contributed by atoms with Crippen LogP contribution in [0, 0.1) is 0 Å². The highest BCUT2D eigenvalue weighted by molar-refractivity contribution is 6.01. The van der Waals surface area contributed by atoms with Gasteiger partial charge in [-0.05, 0) is 19.2 Å². The summed E-state index contributed by atoms with van der Waals surface area (Å²) in [6.07, 6.45) is 4.34. The van der Waals surface area contributed by atoms with Crippen LogP contribution in [0.5, 0.6) is 0 Å². The van der Waals surface area contributed by atoms with Crippen LogP contribution in [0.25, 0.3) is 11.0 Å². The largest absolute Gasteiger partial charge is 0.365 e. The third-order valence-corrected chi connectivity index (χ3v) is 5.97. The van der Waals surface area contributed by atoms with E-state index in [1.54, 1.807) is 25.7 Å². The number of hydrogen-bond acceptors (Lipinski definition) is 7. The number of aromatic nitrogens is 2. The molecule has 2 aliphatic rings. The molecular formula is C22H30FN7O. The standard InChI is InChI=1S/C22H30FN7O/c1-24-12-16-3-4-19(22-21(16)25-5-6-26-22)30-13-17(23)11-18(14-30)27-20(31)15-29-9-7-28(2)8-10-29/h3-6,12,17-18H,7-11,13-15H2,1-2H3,(H,27,31)/t17-,18+/m0/s1. The van der Waals surface area contributed by atoms with Gasteiger partial charge in [0.25, 0.3) is 0 Å². The molecule has 4 rings (SSSR count). The van der Waals surface area contributed by atoms with Crippen molar-refractivity contribution in [3.8, 4) is 0 Å². The van der Waals surface area contributed by atoms with Gasteiger partial charge < -0.3 is 15.1 Å². The number of halogens is 1. The van der Waals surface area contributed by atoms with Crippen molar-refractivity contribution in [2.24, 2.45) is 4.99 Å². The Labute approximate surface area is 182 Å². The van der Waals surface area contributed by atoms with Crippen molar-refractivity contribution < 1.29 is 9.18 Å². The lowest BCUT2D eigenvalue weighted by molar-refractivity contribution is -0.123. The van der Waals surface area contributed by atoms with Gasteiger partial charge in [-0.25, -0.2) is 4.39 Å². The maximum absolute atomic E-state index is 14.7. The molecule has 1 aromatic carbocycles. The smallest absolute Gasteiger partial charge is 0.234 e. The zero-order valence-corrected chi connectivity index (χ0v) is 18.2. The van der Waals surface area contributed by atoms with Gasteiger partial charge in [-0.3, -0.25) is 24.7 Å². The summed E-state index contributed by atoms with van der Waals surface area (Å²) in [5.74, 6) is -0.0391. The SMILES string of the molecule is CN=Cc1ccc(N2C[C@@H](F)C[C@@H](NC(=O)CN3CCN(C)CC3)C2)c2nccnc12. The lowest BCUT2D eigenvalue weighted by Gasteiger charge is -2.37. The molecule has 2 atom stereocenters. The number of amides is 1. The van der Waals surface area contributed by atoms with E-state index in [1.165, 1.54) is 0 Å². The first-order valence-electron chi connectivity index (χ1n) is 10.8. The van der Waals surface area contributed by atoms with Crippen molar-refractivity contribution >= 4 is 28.8 Å². The number of carbonyl (C=O) groups is 1. The molecule has 1 amide bonds. The minimum atomic E-state index is -1.02. The Morgan fingerprint density at radius 3 is 2.68 bits per heavy atom. The zero-order valence-electron chi connectivity index (χ0n) is 18.2. The van der Waals surface area contributed by atoms with E-state index in [0.29, 0.717) is 19.5 Å². The fourth-order valence-electron chi connectivity index (χ4n) is 4.38. The van der Waals surface area contributed by atoms with Gasteiger partial charge in [0.05, 0.1) is 17.7 Å². The van der Waals surface area contributed by atoms with Crippen LogP contribution in [0.15, 0.2) is 29.5 Å². The summed E-state index contributed by atoms with van der Waals surface area (Å²) in [5, 5.41) is 3.05. The van der Waals surface area contributed by atoms with E-state index in [2.05, 4.69) is 37.1 Å². The van der Waals surface area contributed by atoms with Crippen LogP contribution in [-0.2, 0) is 4.79 Å². The van der Waals surface area contributed by atoms with E-state index < -0.39 is 6.17 Å². The third kappa shape index (κ3) is 5.16. The quantitative estimate of drug-likeness (QED) is 0.717. The number of likely N-dealkylation sites (N-methyl/N-ethyl adjacent to an activating group) is 1. The number of piperazine rings is 1. The normalized spacial score (nSPS) is 23.5. The van der Waals surface area contributed by atoms with Gasteiger partial charge in [-0.15, -0.1) is 0 Å². The first-order chi connectivity index (χ1) is 15.0. The highest BCUT2D eigenvalue weighted by Crippen LogP contribution is 2.29. The average molecular weight is 428 g/mol. The molecule has 0 spiro atoms. The van der Waals surface area contributed by atoms with Crippen molar-refractivity contribution in [3.05, 3.63) is 30.1 Å². The molecule has 9 heteroatoms. The molecule has 2 aliphatic heterocycles. The molecule has 0 unspecified atom stereocenters. The maximum Gasteiger partial charge on any atom is 0.234 e. The van der Waals surface area contributed by atoms with Crippen molar-refractivity contribution in [1.82, 2.24) is 25.1 Å². The number of carbonyl (C=O) groups excluding carboxylic acids is 1. The molecule has 2 fully saturated rings. The first kappa shape index (κ1) is 21.6. The Morgan fingerprint density at radius 2 is 1.94 bits per heavy atom. The van der Waals surface area contributed by atoms with Crippen LogP contribution in [0.2, 0.25) is 0 Å². The fourth-order valence-corrected chi connectivity index (χ4v) is 4.38. The number of rotatable bonds is 5. The van der Waals surface area contributed by atoms with Gasteiger partial charge >= 0.3 is 0 Å². The van der Waals surface area contributed by atoms with E-state index in [0.717, 1.165) is 48.5 Å². The number of nitrogens with one attached hydrogen (secondary N) is 1. The first-order valence-corrected chi connectivity index (χ1v) is 10.8. The highest BCUT2D eigenvalue weighted by atomic mass is 19.1. The molecule has 0 radical (unpaired) electrons. The molecule has 8 nitrogen and oxygen atoms in total. The zero-order chi connectivity index (χ0) is 21.8. The second-order valence-electron chi connectivity index (χ2n) is 8.40. The molecule has 31 heavy (non-hydrogen) atoms. The van der Waals surface area contributed by atoms with Crippen LogP contribution in [0.1, 0.15) is 12.0 Å². The molecule has 1 N–H and O–H groups in total. The van der Waals surface area contributed by atoms with Crippen molar-refractivity contribution in [1.29, 1.82) is 0 Å². The monoisotopic (exact) mass is 427 g/mol. The lowest BCUT2D eigenvalue weighted by Crippen LogP contribution is -2.54. The summed E-state index contributed by atoms with van der Waals surface area (Å²) in [4.78, 5) is 32.0. The van der Waals surface area contributed by atoms with Gasteiger partial charge in [-0.1, -0.05) is 0 Å². The minimum Gasteiger partial charge on any atom is -0.365 e. The van der Waals surface area contributed by atoms with E-state index in [1.807, 2.05) is 17.0 Å². The third-order valence-electron chi connectivity index (χ3n) is 5.97. The second-order valence-corrected chi connectivity index (χ2v) is 8.40. The van der Waals surface area contributed by atoms with Crippen LogP contribution in [-0.4, -0.2) is 104 Å². The number of nitrogens with zero attached hydrogens (tertiary/aromatic N) is 6. The predicted octanol–water partition coefficient (Wildman–Crippen LogP) is 0.959. The fraction of sp³-hybridized carbons (Fsp3) is 0.545. The molecular weight excluding hydrogens is 397 g/mol. The van der Waals surface area contributed by atoms with E-state index in [9.17, 15) is 9.18 Å². The molecule has 166 valence electrons. The molecule has 0 aliphatic carbocycles. The summed E-state index contributed by atoms with van der Waals surface area (Å²) in [6.45, 7) is 4.86. The van der Waals surface area contributed by atoms with Crippen molar-refractivity contribution in [2.45, 2.75) is 18.6 Å². The van der Waals surface area contributed by atoms with Crippen LogP contribution in [0.4, 0.5) is 10.1 Å². The summed E-state index contributed by atoms with van der Waals surface area (Å²) in [6, 6.07) is 3.63. The number of aliphatic imine (C=N–C) groups is 1. The Hall–Kier alpha value is -2.65.